The van der Waals surface area contributed by atoms with Crippen LogP contribution in [0.2, 0.25) is 0 Å². The third-order valence-electron chi connectivity index (χ3n) is 4.69. The molecule has 1 heterocycles. The van der Waals surface area contributed by atoms with Gasteiger partial charge < -0.3 is 20.1 Å². The fourth-order valence-electron chi connectivity index (χ4n) is 3.25. The molecule has 6 nitrogen and oxygen atoms in total. The predicted molar refractivity (Wildman–Crippen MR) is 95.8 cm³/mol. The molecule has 1 fully saturated rings. The summed E-state index contributed by atoms with van der Waals surface area (Å²) in [6.07, 6.45) is 2.32. The Kier molecular flexibility index (Phi) is 6.67. The normalized spacial score (nSPS) is 21.5. The number of nitrogens with one attached hydrogen (secondary N) is 1. The van der Waals surface area contributed by atoms with Crippen molar-refractivity contribution in [3.63, 3.8) is 0 Å². The summed E-state index contributed by atoms with van der Waals surface area (Å²) in [5.74, 6) is -0.256. The van der Waals surface area contributed by atoms with Crippen LogP contribution in [-0.4, -0.2) is 48.2 Å². The third-order valence-corrected chi connectivity index (χ3v) is 4.69. The van der Waals surface area contributed by atoms with Crippen molar-refractivity contribution in [3.8, 4) is 5.75 Å². The van der Waals surface area contributed by atoms with Gasteiger partial charge in [0.2, 0.25) is 0 Å². The molecule has 1 aliphatic rings. The Morgan fingerprint density at radius 3 is 2.60 bits per heavy atom. The zero-order chi connectivity index (χ0) is 18.4. The number of carboxylic acids is 1. The van der Waals surface area contributed by atoms with Crippen molar-refractivity contribution in [1.82, 2.24) is 10.2 Å². The fourth-order valence-corrected chi connectivity index (χ4v) is 3.25. The molecule has 0 spiro atoms. The lowest BCUT2D eigenvalue weighted by Crippen LogP contribution is -2.51. The van der Waals surface area contributed by atoms with Crippen molar-refractivity contribution in [3.05, 3.63) is 29.8 Å². The fraction of sp³-hybridized carbons (Fsp3) is 0.579. The highest BCUT2D eigenvalue weighted by molar-refractivity contribution is 5.76. The van der Waals surface area contributed by atoms with Crippen molar-refractivity contribution >= 4 is 12.0 Å². The Balaban J connectivity index is 1.81. The molecule has 0 aliphatic carbocycles. The van der Waals surface area contributed by atoms with Gasteiger partial charge in [-0.15, -0.1) is 0 Å². The number of nitrogens with zero attached hydrogens (tertiary/aromatic N) is 1. The molecule has 1 aliphatic heterocycles. The summed E-state index contributed by atoms with van der Waals surface area (Å²) in [7, 11) is 1.64. The maximum absolute atomic E-state index is 12.4. The van der Waals surface area contributed by atoms with E-state index in [-0.39, 0.29) is 24.5 Å². The molecule has 1 aromatic carbocycles. The zero-order valence-corrected chi connectivity index (χ0v) is 15.2. The second kappa shape index (κ2) is 8.74. The van der Waals surface area contributed by atoms with Gasteiger partial charge in [-0.2, -0.15) is 0 Å². The highest BCUT2D eigenvalue weighted by Gasteiger charge is 2.32. The number of carbonyl (C=O) groups excluding carboxylic acids is 1. The number of hydrogen-bond donors (Lipinski definition) is 2. The summed E-state index contributed by atoms with van der Waals surface area (Å²) in [5, 5.41) is 12.2. The lowest BCUT2D eigenvalue weighted by Gasteiger charge is -2.35. The lowest BCUT2D eigenvalue weighted by atomic mass is 9.91. The van der Waals surface area contributed by atoms with E-state index >= 15 is 0 Å². The Labute approximate surface area is 149 Å². The first-order valence-corrected chi connectivity index (χ1v) is 8.80. The van der Waals surface area contributed by atoms with Crippen LogP contribution in [0.5, 0.6) is 5.75 Å². The third kappa shape index (κ3) is 5.66. The number of rotatable bonds is 6. The lowest BCUT2D eigenvalue weighted by molar-refractivity contribution is -0.143. The van der Waals surface area contributed by atoms with Gasteiger partial charge in [0.1, 0.15) is 5.75 Å². The second-order valence-corrected chi connectivity index (χ2v) is 7.02. The molecule has 3 unspecified atom stereocenters. The second-order valence-electron chi connectivity index (χ2n) is 7.02. The average Bonchev–Trinajstić information content (AvgIpc) is 2.59. The SMILES string of the molecule is COc1ccc(CCC(C)NC(=O)N2CC(C)CC(C(=O)O)C2)cc1. The summed E-state index contributed by atoms with van der Waals surface area (Å²) >= 11 is 0. The number of benzene rings is 1. The van der Waals surface area contributed by atoms with E-state index in [0.29, 0.717) is 13.0 Å². The maximum Gasteiger partial charge on any atom is 0.317 e. The van der Waals surface area contributed by atoms with E-state index < -0.39 is 11.9 Å². The van der Waals surface area contributed by atoms with Gasteiger partial charge in [0.15, 0.2) is 0 Å². The van der Waals surface area contributed by atoms with Crippen LogP contribution in [0.3, 0.4) is 0 Å². The van der Waals surface area contributed by atoms with Crippen molar-refractivity contribution in [2.75, 3.05) is 20.2 Å². The first-order valence-electron chi connectivity index (χ1n) is 8.80. The molecule has 0 radical (unpaired) electrons. The largest absolute Gasteiger partial charge is 0.497 e. The van der Waals surface area contributed by atoms with E-state index in [1.807, 2.05) is 38.1 Å². The van der Waals surface area contributed by atoms with Crippen LogP contribution < -0.4 is 10.1 Å². The molecule has 1 saturated heterocycles. The summed E-state index contributed by atoms with van der Waals surface area (Å²) in [6.45, 7) is 4.86. The molecular formula is C19H28N2O4. The minimum absolute atomic E-state index is 0.0233. The minimum atomic E-state index is -0.822. The maximum atomic E-state index is 12.4. The predicted octanol–water partition coefficient (Wildman–Crippen LogP) is 2.77. The van der Waals surface area contributed by atoms with E-state index in [0.717, 1.165) is 18.6 Å². The molecule has 6 heteroatoms. The number of aliphatic carboxylic acids is 1. The van der Waals surface area contributed by atoms with Gasteiger partial charge in [-0.1, -0.05) is 19.1 Å². The van der Waals surface area contributed by atoms with Crippen LogP contribution in [-0.2, 0) is 11.2 Å². The molecule has 0 bridgehead atoms. The number of carbonyl (C=O) groups is 2. The minimum Gasteiger partial charge on any atom is -0.497 e. The molecule has 1 aromatic rings. The quantitative estimate of drug-likeness (QED) is 0.828. The van der Waals surface area contributed by atoms with Crippen molar-refractivity contribution in [2.45, 2.75) is 39.2 Å². The van der Waals surface area contributed by atoms with E-state index in [4.69, 9.17) is 4.74 Å². The molecule has 2 rings (SSSR count). The number of urea groups is 1. The number of hydrogen-bond acceptors (Lipinski definition) is 3. The molecular weight excluding hydrogens is 320 g/mol. The molecule has 2 amide bonds. The number of methoxy groups -OCH3 is 1. The van der Waals surface area contributed by atoms with Gasteiger partial charge in [-0.3, -0.25) is 4.79 Å². The van der Waals surface area contributed by atoms with Gasteiger partial charge in [0, 0.05) is 19.1 Å². The highest BCUT2D eigenvalue weighted by Crippen LogP contribution is 2.22. The first-order chi connectivity index (χ1) is 11.9. The smallest absolute Gasteiger partial charge is 0.317 e. The van der Waals surface area contributed by atoms with Gasteiger partial charge in [-0.25, -0.2) is 4.79 Å². The van der Waals surface area contributed by atoms with Crippen LogP contribution >= 0.6 is 0 Å². The summed E-state index contributed by atoms with van der Waals surface area (Å²) in [6, 6.07) is 7.77. The van der Waals surface area contributed by atoms with Crippen LogP contribution in [0.25, 0.3) is 0 Å². The van der Waals surface area contributed by atoms with Gasteiger partial charge >= 0.3 is 12.0 Å². The number of aryl methyl sites for hydroxylation is 1. The van der Waals surface area contributed by atoms with Gasteiger partial charge in [0.25, 0.3) is 0 Å². The van der Waals surface area contributed by atoms with E-state index in [2.05, 4.69) is 5.32 Å². The molecule has 0 saturated carbocycles. The molecule has 3 atom stereocenters. The number of piperidine rings is 1. The molecule has 2 N–H and O–H groups in total. The topological polar surface area (TPSA) is 78.9 Å². The van der Waals surface area contributed by atoms with E-state index in [9.17, 15) is 14.7 Å². The average molecular weight is 348 g/mol. The van der Waals surface area contributed by atoms with Crippen molar-refractivity contribution in [1.29, 1.82) is 0 Å². The van der Waals surface area contributed by atoms with Crippen molar-refractivity contribution in [2.24, 2.45) is 11.8 Å². The number of likely N-dealkylation sites (tertiary alicyclic amines) is 1. The number of amides is 2. The number of carboxylic acid groups (broad SMARTS) is 1. The zero-order valence-electron chi connectivity index (χ0n) is 15.2. The highest BCUT2D eigenvalue weighted by atomic mass is 16.5. The Morgan fingerprint density at radius 2 is 2.00 bits per heavy atom. The molecule has 0 aromatic heterocycles. The summed E-state index contributed by atoms with van der Waals surface area (Å²) in [4.78, 5) is 25.3. The van der Waals surface area contributed by atoms with Crippen LogP contribution in [0.15, 0.2) is 24.3 Å². The van der Waals surface area contributed by atoms with Gasteiger partial charge in [0.05, 0.1) is 13.0 Å². The standard InChI is InChI=1S/C19H28N2O4/c1-13-10-16(18(22)23)12-21(11-13)19(24)20-14(2)4-5-15-6-8-17(25-3)9-7-15/h6-9,13-14,16H,4-5,10-12H2,1-3H3,(H,20,24)(H,22,23). The Morgan fingerprint density at radius 1 is 1.32 bits per heavy atom. The van der Waals surface area contributed by atoms with Gasteiger partial charge in [-0.05, 0) is 49.8 Å². The summed E-state index contributed by atoms with van der Waals surface area (Å²) in [5.41, 5.74) is 1.19. The first kappa shape index (κ1) is 19.1. The van der Waals surface area contributed by atoms with E-state index in [1.54, 1.807) is 12.0 Å². The van der Waals surface area contributed by atoms with Crippen molar-refractivity contribution < 1.29 is 19.4 Å². The summed E-state index contributed by atoms with van der Waals surface area (Å²) < 4.78 is 5.14. The van der Waals surface area contributed by atoms with Crippen LogP contribution in [0.1, 0.15) is 32.3 Å². The molecule has 138 valence electrons. The number of ether oxygens (including phenoxy) is 1. The Bertz CT molecular complexity index is 588. The molecule has 25 heavy (non-hydrogen) atoms. The van der Waals surface area contributed by atoms with Crippen LogP contribution in [0, 0.1) is 11.8 Å². The van der Waals surface area contributed by atoms with E-state index in [1.165, 1.54) is 5.56 Å². The Hall–Kier alpha value is -2.24. The van der Waals surface area contributed by atoms with Crippen LogP contribution in [0.4, 0.5) is 4.79 Å². The monoisotopic (exact) mass is 348 g/mol.